The molecule has 0 bridgehead atoms. The van der Waals surface area contributed by atoms with E-state index < -0.39 is 11.5 Å². The van der Waals surface area contributed by atoms with Gasteiger partial charge in [0.25, 0.3) is 0 Å². The second kappa shape index (κ2) is 2.89. The van der Waals surface area contributed by atoms with Crippen molar-refractivity contribution in [2.75, 3.05) is 6.61 Å². The Morgan fingerprint density at radius 3 is 2.23 bits per heavy atom. The van der Waals surface area contributed by atoms with Crippen molar-refractivity contribution in [1.82, 2.24) is 0 Å². The Balaban J connectivity index is 2.04. The van der Waals surface area contributed by atoms with Crippen LogP contribution in [0.3, 0.4) is 0 Å². The number of hydrogen-bond acceptors (Lipinski definition) is 2. The van der Waals surface area contributed by atoms with Gasteiger partial charge in [0.2, 0.25) is 5.92 Å². The highest BCUT2D eigenvalue weighted by Crippen LogP contribution is 2.44. The lowest BCUT2D eigenvalue weighted by Crippen LogP contribution is -2.49. The number of halogens is 2. The minimum absolute atomic E-state index is 0.0383. The van der Waals surface area contributed by atoms with Gasteiger partial charge in [0.15, 0.2) is 0 Å². The second-order valence-corrected chi connectivity index (χ2v) is 4.16. The van der Waals surface area contributed by atoms with Crippen molar-refractivity contribution in [2.24, 2.45) is 5.73 Å². The van der Waals surface area contributed by atoms with E-state index in [-0.39, 0.29) is 18.9 Å². The Bertz CT molecular complexity index is 198. The molecule has 1 spiro atoms. The molecule has 0 amide bonds. The summed E-state index contributed by atoms with van der Waals surface area (Å²) in [5, 5.41) is 0. The Morgan fingerprint density at radius 2 is 1.77 bits per heavy atom. The molecular formula is C9H15F2NO. The number of hydrogen-bond donors (Lipinski definition) is 1. The zero-order valence-electron chi connectivity index (χ0n) is 7.56. The van der Waals surface area contributed by atoms with Crippen LogP contribution in [-0.4, -0.2) is 24.2 Å². The van der Waals surface area contributed by atoms with Crippen LogP contribution in [0.4, 0.5) is 8.78 Å². The van der Waals surface area contributed by atoms with Crippen molar-refractivity contribution in [2.45, 2.75) is 49.7 Å². The fourth-order valence-electron chi connectivity index (χ4n) is 2.31. The SMILES string of the molecule is NC1CCOC12CCC(F)(F)CC2. The van der Waals surface area contributed by atoms with E-state index in [9.17, 15) is 8.78 Å². The third kappa shape index (κ3) is 1.57. The molecule has 4 heteroatoms. The van der Waals surface area contributed by atoms with E-state index in [1.165, 1.54) is 0 Å². The normalized spacial score (nSPS) is 36.7. The van der Waals surface area contributed by atoms with Crippen LogP contribution in [0.2, 0.25) is 0 Å². The van der Waals surface area contributed by atoms with Crippen molar-refractivity contribution in [3.05, 3.63) is 0 Å². The fraction of sp³-hybridized carbons (Fsp3) is 1.00. The van der Waals surface area contributed by atoms with Crippen LogP contribution in [-0.2, 0) is 4.74 Å². The molecule has 76 valence electrons. The first-order valence-corrected chi connectivity index (χ1v) is 4.82. The molecule has 1 atom stereocenters. The van der Waals surface area contributed by atoms with E-state index in [4.69, 9.17) is 10.5 Å². The summed E-state index contributed by atoms with van der Waals surface area (Å²) in [6.45, 7) is 0.632. The van der Waals surface area contributed by atoms with Gasteiger partial charge in [-0.25, -0.2) is 8.78 Å². The molecule has 2 aliphatic rings. The molecule has 0 radical (unpaired) electrons. The summed E-state index contributed by atoms with van der Waals surface area (Å²) in [5.41, 5.74) is 5.45. The Labute approximate surface area is 76.4 Å². The van der Waals surface area contributed by atoms with Gasteiger partial charge in [-0.05, 0) is 19.3 Å². The zero-order valence-corrected chi connectivity index (χ0v) is 7.56. The smallest absolute Gasteiger partial charge is 0.248 e. The Kier molecular flexibility index (Phi) is 2.07. The van der Waals surface area contributed by atoms with E-state index >= 15 is 0 Å². The van der Waals surface area contributed by atoms with Crippen molar-refractivity contribution in [1.29, 1.82) is 0 Å². The maximum Gasteiger partial charge on any atom is 0.248 e. The predicted molar refractivity (Wildman–Crippen MR) is 44.7 cm³/mol. The highest BCUT2D eigenvalue weighted by molar-refractivity contribution is 5.00. The lowest BCUT2D eigenvalue weighted by Gasteiger charge is -2.39. The third-order valence-corrected chi connectivity index (χ3v) is 3.32. The average Bonchev–Trinajstić information content (AvgIpc) is 2.41. The fourth-order valence-corrected chi connectivity index (χ4v) is 2.31. The molecule has 1 saturated carbocycles. The first kappa shape index (κ1) is 9.34. The standard InChI is InChI=1S/C9H15F2NO/c10-9(11)4-2-8(3-5-9)7(12)1-6-13-8/h7H,1-6,12H2. The third-order valence-electron chi connectivity index (χ3n) is 3.32. The number of rotatable bonds is 0. The first-order chi connectivity index (χ1) is 6.04. The van der Waals surface area contributed by atoms with Crippen LogP contribution < -0.4 is 5.73 Å². The molecule has 0 aromatic heterocycles. The van der Waals surface area contributed by atoms with Gasteiger partial charge >= 0.3 is 0 Å². The van der Waals surface area contributed by atoms with Crippen LogP contribution in [0.15, 0.2) is 0 Å². The monoisotopic (exact) mass is 191 g/mol. The number of nitrogens with two attached hydrogens (primary N) is 1. The maximum atomic E-state index is 12.9. The second-order valence-electron chi connectivity index (χ2n) is 4.16. The minimum atomic E-state index is -2.49. The summed E-state index contributed by atoms with van der Waals surface area (Å²) in [5.74, 6) is -2.49. The Hall–Kier alpha value is -0.220. The maximum absolute atomic E-state index is 12.9. The number of alkyl halides is 2. The lowest BCUT2D eigenvalue weighted by molar-refractivity contribution is -0.114. The van der Waals surface area contributed by atoms with Crippen molar-refractivity contribution >= 4 is 0 Å². The highest BCUT2D eigenvalue weighted by atomic mass is 19.3. The molecule has 1 aliphatic heterocycles. The molecule has 1 unspecified atom stereocenters. The molecule has 0 aromatic rings. The van der Waals surface area contributed by atoms with E-state index in [1.807, 2.05) is 0 Å². The molecule has 1 saturated heterocycles. The summed E-state index contributed by atoms with van der Waals surface area (Å²) >= 11 is 0. The molecule has 2 N–H and O–H groups in total. The predicted octanol–water partition coefficient (Wildman–Crippen LogP) is 1.68. The molecule has 1 aliphatic carbocycles. The molecule has 1 heterocycles. The van der Waals surface area contributed by atoms with Crippen molar-refractivity contribution in [3.8, 4) is 0 Å². The molecule has 2 rings (SSSR count). The van der Waals surface area contributed by atoms with Crippen LogP contribution in [0, 0.1) is 0 Å². The van der Waals surface area contributed by atoms with Gasteiger partial charge in [0.1, 0.15) is 0 Å². The first-order valence-electron chi connectivity index (χ1n) is 4.82. The van der Waals surface area contributed by atoms with Crippen LogP contribution >= 0.6 is 0 Å². The van der Waals surface area contributed by atoms with Crippen LogP contribution in [0.1, 0.15) is 32.1 Å². The summed E-state index contributed by atoms with van der Waals surface area (Å²) in [7, 11) is 0. The van der Waals surface area contributed by atoms with Gasteiger partial charge in [0.05, 0.1) is 5.60 Å². The molecule has 2 nitrogen and oxygen atoms in total. The lowest BCUT2D eigenvalue weighted by atomic mass is 9.78. The van der Waals surface area contributed by atoms with Gasteiger partial charge < -0.3 is 10.5 Å². The molecule has 2 fully saturated rings. The van der Waals surface area contributed by atoms with Crippen molar-refractivity contribution in [3.63, 3.8) is 0 Å². The van der Waals surface area contributed by atoms with E-state index in [0.717, 1.165) is 6.42 Å². The largest absolute Gasteiger partial charge is 0.373 e. The van der Waals surface area contributed by atoms with E-state index in [2.05, 4.69) is 0 Å². The quantitative estimate of drug-likeness (QED) is 0.632. The summed E-state index contributed by atoms with van der Waals surface area (Å²) < 4.78 is 31.3. The number of ether oxygens (including phenoxy) is 1. The van der Waals surface area contributed by atoms with Gasteiger partial charge in [-0.1, -0.05) is 0 Å². The molecule has 0 aromatic carbocycles. The Morgan fingerprint density at radius 1 is 1.15 bits per heavy atom. The van der Waals surface area contributed by atoms with Gasteiger partial charge in [-0.3, -0.25) is 0 Å². The minimum Gasteiger partial charge on any atom is -0.373 e. The highest BCUT2D eigenvalue weighted by Gasteiger charge is 2.49. The summed E-state index contributed by atoms with van der Waals surface area (Å²) in [6.07, 6.45) is 1.51. The van der Waals surface area contributed by atoms with Gasteiger partial charge in [0, 0.05) is 25.5 Å². The summed E-state index contributed by atoms with van der Waals surface area (Å²) in [4.78, 5) is 0. The van der Waals surface area contributed by atoms with E-state index in [0.29, 0.717) is 19.4 Å². The molecular weight excluding hydrogens is 176 g/mol. The molecule has 13 heavy (non-hydrogen) atoms. The summed E-state index contributed by atoms with van der Waals surface area (Å²) in [6, 6.07) is -0.0383. The average molecular weight is 191 g/mol. The van der Waals surface area contributed by atoms with Crippen LogP contribution in [0.25, 0.3) is 0 Å². The topological polar surface area (TPSA) is 35.2 Å². The van der Waals surface area contributed by atoms with Crippen LogP contribution in [0.5, 0.6) is 0 Å². The van der Waals surface area contributed by atoms with Crippen molar-refractivity contribution < 1.29 is 13.5 Å². The van der Waals surface area contributed by atoms with Gasteiger partial charge in [-0.2, -0.15) is 0 Å². The zero-order chi connectivity index (χ0) is 9.53. The van der Waals surface area contributed by atoms with E-state index in [1.54, 1.807) is 0 Å². The van der Waals surface area contributed by atoms with Gasteiger partial charge in [-0.15, -0.1) is 0 Å².